The molecule has 2 aromatic heterocycles. The molecule has 3 aromatic rings. The first-order chi connectivity index (χ1) is 15.9. The third kappa shape index (κ3) is 5.70. The third-order valence-electron chi connectivity index (χ3n) is 5.62. The first kappa shape index (κ1) is 22.8. The van der Waals surface area contributed by atoms with Crippen LogP contribution in [0.1, 0.15) is 51.7 Å². The van der Waals surface area contributed by atoms with Gasteiger partial charge in [0.15, 0.2) is 10.8 Å². The number of imidazole rings is 1. The normalized spacial score (nSPS) is 13.7. The van der Waals surface area contributed by atoms with Crippen LogP contribution in [0, 0.1) is 13.8 Å². The van der Waals surface area contributed by atoms with Gasteiger partial charge in [-0.15, -0.1) is 11.3 Å². The minimum atomic E-state index is -1.04. The molecule has 4 rings (SSSR count). The summed E-state index contributed by atoms with van der Waals surface area (Å²) in [5.74, 6) is -0.419. The number of hydrogen-bond donors (Lipinski definition) is 4. The number of piperidine rings is 1. The molecule has 0 aliphatic carbocycles. The number of rotatable bonds is 7. The van der Waals surface area contributed by atoms with Crippen LogP contribution in [-0.4, -0.2) is 45.1 Å². The number of benzene rings is 1. The number of carbonyl (C=O) groups excluding carboxylic acids is 1. The Labute approximate surface area is 196 Å². The van der Waals surface area contributed by atoms with Gasteiger partial charge in [-0.25, -0.2) is 19.6 Å². The molecule has 1 aliphatic heterocycles. The van der Waals surface area contributed by atoms with Crippen molar-refractivity contribution in [1.82, 2.24) is 15.0 Å². The molecule has 0 saturated carbocycles. The molecule has 2 amide bonds. The van der Waals surface area contributed by atoms with Crippen LogP contribution in [0.5, 0.6) is 0 Å². The number of carboxylic acids is 1. The predicted molar refractivity (Wildman–Crippen MR) is 130 cm³/mol. The molecule has 33 heavy (non-hydrogen) atoms. The van der Waals surface area contributed by atoms with E-state index in [0.717, 1.165) is 47.7 Å². The Morgan fingerprint density at radius 3 is 2.67 bits per heavy atom. The number of aryl methyl sites for hydroxylation is 4. The molecule has 0 unspecified atom stereocenters. The number of aromatic amines is 1. The quantitative estimate of drug-likeness (QED) is 0.402. The lowest BCUT2D eigenvalue weighted by Crippen LogP contribution is -2.31. The summed E-state index contributed by atoms with van der Waals surface area (Å²) in [7, 11) is 0. The number of H-pyrrole nitrogens is 1. The third-order valence-corrected chi connectivity index (χ3v) is 6.59. The van der Waals surface area contributed by atoms with Crippen molar-refractivity contribution in [2.24, 2.45) is 0 Å². The summed E-state index contributed by atoms with van der Waals surface area (Å²) in [4.78, 5) is 38.5. The lowest BCUT2D eigenvalue weighted by Gasteiger charge is -2.30. The fourth-order valence-electron chi connectivity index (χ4n) is 3.97. The van der Waals surface area contributed by atoms with E-state index in [1.807, 2.05) is 12.1 Å². The largest absolute Gasteiger partial charge is 0.476 e. The molecule has 1 fully saturated rings. The van der Waals surface area contributed by atoms with E-state index in [1.54, 1.807) is 13.1 Å². The first-order valence-electron chi connectivity index (χ1n) is 11.1. The van der Waals surface area contributed by atoms with E-state index in [4.69, 9.17) is 5.11 Å². The molecule has 1 saturated heterocycles. The minimum Gasteiger partial charge on any atom is -0.476 e. The first-order valence-corrected chi connectivity index (χ1v) is 11.9. The second-order valence-corrected chi connectivity index (χ2v) is 9.36. The fourth-order valence-corrected chi connectivity index (χ4v) is 4.77. The van der Waals surface area contributed by atoms with E-state index in [-0.39, 0.29) is 11.7 Å². The number of urea groups is 1. The zero-order valence-corrected chi connectivity index (χ0v) is 19.6. The molecule has 9 nitrogen and oxygen atoms in total. The van der Waals surface area contributed by atoms with Crippen molar-refractivity contribution in [3.63, 3.8) is 0 Å². The summed E-state index contributed by atoms with van der Waals surface area (Å²) in [6.45, 7) is 5.75. The van der Waals surface area contributed by atoms with Gasteiger partial charge in [0, 0.05) is 36.3 Å². The van der Waals surface area contributed by atoms with Crippen LogP contribution in [-0.2, 0) is 12.8 Å². The fraction of sp³-hybridized carbons (Fsp3) is 0.391. The molecule has 0 atom stereocenters. The summed E-state index contributed by atoms with van der Waals surface area (Å²) < 4.78 is 0. The van der Waals surface area contributed by atoms with Crippen LogP contribution in [0.4, 0.5) is 21.3 Å². The van der Waals surface area contributed by atoms with Gasteiger partial charge in [-0.2, -0.15) is 0 Å². The maximum absolute atomic E-state index is 12.6. The van der Waals surface area contributed by atoms with Gasteiger partial charge in [0.2, 0.25) is 0 Å². The van der Waals surface area contributed by atoms with E-state index in [1.165, 1.54) is 17.8 Å². The SMILES string of the molecule is Cc1ccc(NC(=O)Nc2ncc(CCc3nc(C(=O)O)c(C)[nH]3)s2)c(N2CCCCC2)c1. The van der Waals surface area contributed by atoms with Crippen molar-refractivity contribution in [3.05, 3.63) is 52.0 Å². The predicted octanol–water partition coefficient (Wildman–Crippen LogP) is 4.60. The van der Waals surface area contributed by atoms with Crippen molar-refractivity contribution in [2.75, 3.05) is 28.6 Å². The number of nitrogens with zero attached hydrogens (tertiary/aromatic N) is 3. The van der Waals surface area contributed by atoms with Crippen molar-refractivity contribution in [2.45, 2.75) is 46.0 Å². The van der Waals surface area contributed by atoms with E-state index < -0.39 is 5.97 Å². The molecule has 1 aliphatic rings. The van der Waals surface area contributed by atoms with Gasteiger partial charge in [-0.1, -0.05) is 6.07 Å². The summed E-state index contributed by atoms with van der Waals surface area (Å²) in [6, 6.07) is 5.74. The number of carboxylic acid groups (broad SMARTS) is 1. The number of thiazole rings is 1. The smallest absolute Gasteiger partial charge is 0.356 e. The standard InChI is InChI=1S/C23H28N6O3S/c1-14-6-8-17(18(12-14)29-10-4-3-5-11-29)26-22(32)28-23-24-13-16(33-23)7-9-19-25-15(2)20(27-19)21(30)31/h6,8,12-13H,3-5,7,9-11H2,1-2H3,(H,25,27)(H,30,31)(H2,24,26,28,32). The average Bonchev–Trinajstić information content (AvgIpc) is 3.40. The Morgan fingerprint density at radius 2 is 1.94 bits per heavy atom. The van der Waals surface area contributed by atoms with Crippen molar-refractivity contribution in [3.8, 4) is 0 Å². The number of amides is 2. The summed E-state index contributed by atoms with van der Waals surface area (Å²) in [6.07, 6.45) is 6.50. The summed E-state index contributed by atoms with van der Waals surface area (Å²) in [5, 5.41) is 15.4. The van der Waals surface area contributed by atoms with Gasteiger partial charge >= 0.3 is 12.0 Å². The topological polar surface area (TPSA) is 123 Å². The van der Waals surface area contributed by atoms with Crippen LogP contribution < -0.4 is 15.5 Å². The molecular formula is C23H28N6O3S. The Morgan fingerprint density at radius 1 is 1.15 bits per heavy atom. The maximum Gasteiger partial charge on any atom is 0.356 e. The summed E-state index contributed by atoms with van der Waals surface area (Å²) in [5.41, 5.74) is 3.60. The monoisotopic (exact) mass is 468 g/mol. The molecule has 0 bridgehead atoms. The highest BCUT2D eigenvalue weighted by Crippen LogP contribution is 2.30. The molecule has 1 aromatic carbocycles. The number of hydrogen-bond acceptors (Lipinski definition) is 6. The van der Waals surface area contributed by atoms with Gasteiger partial charge < -0.3 is 20.3 Å². The second-order valence-electron chi connectivity index (χ2n) is 8.24. The molecule has 10 heteroatoms. The number of anilines is 3. The van der Waals surface area contributed by atoms with Crippen LogP contribution >= 0.6 is 11.3 Å². The van der Waals surface area contributed by atoms with Crippen molar-refractivity contribution < 1.29 is 14.7 Å². The van der Waals surface area contributed by atoms with Crippen LogP contribution in [0.3, 0.4) is 0 Å². The zero-order valence-electron chi connectivity index (χ0n) is 18.8. The molecule has 0 spiro atoms. The van der Waals surface area contributed by atoms with Crippen LogP contribution in [0.15, 0.2) is 24.4 Å². The van der Waals surface area contributed by atoms with Crippen molar-refractivity contribution >= 4 is 39.8 Å². The number of nitrogens with one attached hydrogen (secondary N) is 3. The highest BCUT2D eigenvalue weighted by Gasteiger charge is 2.17. The van der Waals surface area contributed by atoms with Gasteiger partial charge in [-0.3, -0.25) is 5.32 Å². The number of aromatic nitrogens is 3. The van der Waals surface area contributed by atoms with Crippen molar-refractivity contribution in [1.29, 1.82) is 0 Å². The Bertz CT molecular complexity index is 1150. The Balaban J connectivity index is 1.35. The van der Waals surface area contributed by atoms with E-state index in [2.05, 4.69) is 43.5 Å². The number of aromatic carboxylic acids is 1. The second kappa shape index (κ2) is 10.0. The Kier molecular flexibility index (Phi) is 6.93. The lowest BCUT2D eigenvalue weighted by molar-refractivity contribution is 0.0690. The van der Waals surface area contributed by atoms with Gasteiger partial charge in [-0.05, 0) is 57.2 Å². The number of carbonyl (C=O) groups is 2. The van der Waals surface area contributed by atoms with E-state index in [0.29, 0.717) is 29.5 Å². The molecule has 4 N–H and O–H groups in total. The van der Waals surface area contributed by atoms with E-state index in [9.17, 15) is 9.59 Å². The zero-order chi connectivity index (χ0) is 23.4. The van der Waals surface area contributed by atoms with E-state index >= 15 is 0 Å². The lowest BCUT2D eigenvalue weighted by atomic mass is 10.1. The van der Waals surface area contributed by atoms with Gasteiger partial charge in [0.1, 0.15) is 5.82 Å². The molecular weight excluding hydrogens is 440 g/mol. The summed E-state index contributed by atoms with van der Waals surface area (Å²) >= 11 is 1.39. The molecule has 3 heterocycles. The minimum absolute atomic E-state index is 0.0494. The van der Waals surface area contributed by atoms with Crippen LogP contribution in [0.2, 0.25) is 0 Å². The van der Waals surface area contributed by atoms with Gasteiger partial charge in [0.25, 0.3) is 0 Å². The Hall–Kier alpha value is -3.40. The maximum atomic E-state index is 12.6. The van der Waals surface area contributed by atoms with Gasteiger partial charge in [0.05, 0.1) is 11.4 Å². The highest BCUT2D eigenvalue weighted by molar-refractivity contribution is 7.15. The average molecular weight is 469 g/mol. The molecule has 0 radical (unpaired) electrons. The van der Waals surface area contributed by atoms with Crippen LogP contribution in [0.25, 0.3) is 0 Å². The molecule has 174 valence electrons. The highest BCUT2D eigenvalue weighted by atomic mass is 32.1.